The maximum atomic E-state index is 12.3. The highest BCUT2D eigenvalue weighted by molar-refractivity contribution is 7.22. The fraction of sp³-hybridized carbons (Fsp3) is 0.0625. The first-order valence-corrected chi connectivity index (χ1v) is 7.98. The van der Waals surface area contributed by atoms with Crippen LogP contribution in [0.3, 0.4) is 0 Å². The van der Waals surface area contributed by atoms with Crippen LogP contribution in [0.15, 0.2) is 42.5 Å². The molecule has 0 atom stereocenters. The molecule has 0 unspecified atom stereocenters. The number of hydrogen-bond donors (Lipinski definition) is 2. The predicted octanol–water partition coefficient (Wildman–Crippen LogP) is 3.42. The SMILES string of the molecule is CC(=O)Nc1nc2ccc(C(=O)Nc3ccc([N+](=O)[O-])cc3)cc2s1. The molecule has 0 saturated carbocycles. The Morgan fingerprint density at radius 1 is 1.12 bits per heavy atom. The molecule has 1 heterocycles. The van der Waals surface area contributed by atoms with Crippen LogP contribution in [0.4, 0.5) is 16.5 Å². The number of anilines is 2. The Balaban J connectivity index is 1.79. The Hall–Kier alpha value is -3.33. The lowest BCUT2D eigenvalue weighted by Gasteiger charge is -2.05. The molecule has 3 rings (SSSR count). The van der Waals surface area contributed by atoms with Crippen molar-refractivity contribution in [3.05, 3.63) is 58.1 Å². The van der Waals surface area contributed by atoms with Crippen LogP contribution in [-0.2, 0) is 4.79 Å². The number of nitro groups is 1. The minimum absolute atomic E-state index is 0.0467. The normalized spacial score (nSPS) is 10.4. The van der Waals surface area contributed by atoms with Gasteiger partial charge in [0.25, 0.3) is 11.6 Å². The molecule has 126 valence electrons. The highest BCUT2D eigenvalue weighted by atomic mass is 32.1. The third-order valence-electron chi connectivity index (χ3n) is 3.27. The number of rotatable bonds is 4. The first-order chi connectivity index (χ1) is 11.9. The lowest BCUT2D eigenvalue weighted by Crippen LogP contribution is -2.11. The van der Waals surface area contributed by atoms with Crippen LogP contribution in [0.25, 0.3) is 10.2 Å². The summed E-state index contributed by atoms with van der Waals surface area (Å²) in [4.78, 5) is 37.8. The quantitative estimate of drug-likeness (QED) is 0.549. The molecule has 25 heavy (non-hydrogen) atoms. The molecular weight excluding hydrogens is 344 g/mol. The van der Waals surface area contributed by atoms with Crippen LogP contribution in [0.5, 0.6) is 0 Å². The number of thiazole rings is 1. The number of amides is 2. The molecule has 2 N–H and O–H groups in total. The molecule has 0 aliphatic heterocycles. The fourth-order valence-corrected chi connectivity index (χ4v) is 3.09. The maximum absolute atomic E-state index is 12.3. The van der Waals surface area contributed by atoms with Crippen molar-refractivity contribution in [3.63, 3.8) is 0 Å². The van der Waals surface area contributed by atoms with Crippen molar-refractivity contribution in [2.45, 2.75) is 6.92 Å². The highest BCUT2D eigenvalue weighted by Gasteiger charge is 2.11. The van der Waals surface area contributed by atoms with E-state index in [0.717, 1.165) is 4.70 Å². The molecule has 2 aromatic carbocycles. The van der Waals surface area contributed by atoms with Crippen molar-refractivity contribution >= 4 is 49.9 Å². The molecule has 0 bridgehead atoms. The molecule has 0 saturated heterocycles. The van der Waals surface area contributed by atoms with Gasteiger partial charge in [-0.2, -0.15) is 0 Å². The predicted molar refractivity (Wildman–Crippen MR) is 95.0 cm³/mol. The summed E-state index contributed by atoms with van der Waals surface area (Å²) in [6.45, 7) is 1.40. The summed E-state index contributed by atoms with van der Waals surface area (Å²) in [5, 5.41) is 16.4. The molecule has 0 aliphatic rings. The Morgan fingerprint density at radius 3 is 2.48 bits per heavy atom. The van der Waals surface area contributed by atoms with Gasteiger partial charge in [-0.3, -0.25) is 19.7 Å². The van der Waals surface area contributed by atoms with Crippen molar-refractivity contribution < 1.29 is 14.5 Å². The smallest absolute Gasteiger partial charge is 0.269 e. The third-order valence-corrected chi connectivity index (χ3v) is 4.20. The van der Waals surface area contributed by atoms with Gasteiger partial charge < -0.3 is 10.6 Å². The van der Waals surface area contributed by atoms with Gasteiger partial charge in [0.05, 0.1) is 15.1 Å². The van der Waals surface area contributed by atoms with Crippen LogP contribution in [-0.4, -0.2) is 21.7 Å². The molecule has 0 radical (unpaired) electrons. The van der Waals surface area contributed by atoms with Crippen LogP contribution < -0.4 is 10.6 Å². The molecular formula is C16H12N4O4S. The van der Waals surface area contributed by atoms with Crippen molar-refractivity contribution in [1.82, 2.24) is 4.98 Å². The zero-order valence-corrected chi connectivity index (χ0v) is 13.8. The Morgan fingerprint density at radius 2 is 1.84 bits per heavy atom. The lowest BCUT2D eigenvalue weighted by atomic mass is 10.2. The van der Waals surface area contributed by atoms with E-state index in [9.17, 15) is 19.7 Å². The monoisotopic (exact) mass is 356 g/mol. The number of carbonyl (C=O) groups is 2. The first-order valence-electron chi connectivity index (χ1n) is 7.16. The maximum Gasteiger partial charge on any atom is 0.269 e. The topological polar surface area (TPSA) is 114 Å². The van der Waals surface area contributed by atoms with Crippen LogP contribution in [0.1, 0.15) is 17.3 Å². The summed E-state index contributed by atoms with van der Waals surface area (Å²) >= 11 is 1.27. The van der Waals surface area contributed by atoms with Crippen LogP contribution >= 0.6 is 11.3 Å². The summed E-state index contributed by atoms with van der Waals surface area (Å²) in [7, 11) is 0. The number of nitro benzene ring substituents is 1. The van der Waals surface area contributed by atoms with Crippen molar-refractivity contribution in [1.29, 1.82) is 0 Å². The zero-order chi connectivity index (χ0) is 18.0. The Labute approximate surface area is 145 Å². The number of nitrogens with zero attached hydrogens (tertiary/aromatic N) is 2. The Kier molecular flexibility index (Phi) is 4.40. The van der Waals surface area contributed by atoms with E-state index in [2.05, 4.69) is 15.6 Å². The number of benzene rings is 2. The first kappa shape index (κ1) is 16.5. The summed E-state index contributed by atoms with van der Waals surface area (Å²) in [6, 6.07) is 10.6. The number of hydrogen-bond acceptors (Lipinski definition) is 6. The highest BCUT2D eigenvalue weighted by Crippen LogP contribution is 2.27. The zero-order valence-electron chi connectivity index (χ0n) is 13.0. The van der Waals surface area contributed by atoms with E-state index in [-0.39, 0.29) is 17.5 Å². The summed E-state index contributed by atoms with van der Waals surface area (Å²) < 4.78 is 0.764. The van der Waals surface area contributed by atoms with Gasteiger partial charge in [0.2, 0.25) is 5.91 Å². The number of nitrogens with one attached hydrogen (secondary N) is 2. The molecule has 1 aromatic heterocycles. The molecule has 3 aromatic rings. The van der Waals surface area contributed by atoms with Crippen molar-refractivity contribution in [2.75, 3.05) is 10.6 Å². The molecule has 0 fully saturated rings. The minimum atomic E-state index is -0.504. The van der Waals surface area contributed by atoms with E-state index in [1.165, 1.54) is 42.5 Å². The fourth-order valence-electron chi connectivity index (χ4n) is 2.14. The lowest BCUT2D eigenvalue weighted by molar-refractivity contribution is -0.384. The van der Waals surface area contributed by atoms with Gasteiger partial charge in [-0.25, -0.2) is 4.98 Å². The molecule has 0 aliphatic carbocycles. The standard InChI is InChI=1S/C16H12N4O4S/c1-9(21)17-16-19-13-7-2-10(8-14(13)25-16)15(22)18-11-3-5-12(6-4-11)20(23)24/h2-8H,1H3,(H,18,22)(H,17,19,21). The second-order valence-electron chi connectivity index (χ2n) is 5.14. The van der Waals surface area contributed by atoms with Crippen LogP contribution in [0, 0.1) is 10.1 Å². The number of carbonyl (C=O) groups excluding carboxylic acids is 2. The largest absolute Gasteiger partial charge is 0.322 e. The Bertz CT molecular complexity index is 981. The van der Waals surface area contributed by atoms with Crippen molar-refractivity contribution in [3.8, 4) is 0 Å². The number of aromatic nitrogens is 1. The van der Waals surface area contributed by atoms with E-state index in [1.807, 2.05) is 0 Å². The van der Waals surface area contributed by atoms with Gasteiger partial charge in [0, 0.05) is 30.3 Å². The number of non-ortho nitro benzene ring substituents is 1. The molecule has 2 amide bonds. The summed E-state index contributed by atoms with van der Waals surface area (Å²) in [5.41, 5.74) is 1.51. The van der Waals surface area contributed by atoms with Gasteiger partial charge in [0.1, 0.15) is 0 Å². The van der Waals surface area contributed by atoms with E-state index in [4.69, 9.17) is 0 Å². The summed E-state index contributed by atoms with van der Waals surface area (Å²) in [5.74, 6) is -0.555. The van der Waals surface area contributed by atoms with E-state index in [0.29, 0.717) is 21.9 Å². The second kappa shape index (κ2) is 6.65. The third kappa shape index (κ3) is 3.78. The van der Waals surface area contributed by atoms with E-state index >= 15 is 0 Å². The average Bonchev–Trinajstić information content (AvgIpc) is 2.95. The van der Waals surface area contributed by atoms with E-state index < -0.39 is 4.92 Å². The molecule has 8 nitrogen and oxygen atoms in total. The second-order valence-corrected chi connectivity index (χ2v) is 6.17. The molecule has 9 heteroatoms. The van der Waals surface area contributed by atoms with E-state index in [1.54, 1.807) is 18.2 Å². The van der Waals surface area contributed by atoms with Crippen molar-refractivity contribution in [2.24, 2.45) is 0 Å². The summed E-state index contributed by atoms with van der Waals surface area (Å²) in [6.07, 6.45) is 0. The van der Waals surface area contributed by atoms with Gasteiger partial charge >= 0.3 is 0 Å². The molecule has 0 spiro atoms. The van der Waals surface area contributed by atoms with Gasteiger partial charge in [-0.15, -0.1) is 0 Å². The van der Waals surface area contributed by atoms with Gasteiger partial charge in [0.15, 0.2) is 5.13 Å². The van der Waals surface area contributed by atoms with Crippen LogP contribution in [0.2, 0.25) is 0 Å². The minimum Gasteiger partial charge on any atom is -0.322 e. The van der Waals surface area contributed by atoms with Gasteiger partial charge in [-0.1, -0.05) is 11.3 Å². The van der Waals surface area contributed by atoms with Gasteiger partial charge in [-0.05, 0) is 30.3 Å². The average molecular weight is 356 g/mol. The number of fused-ring (bicyclic) bond motifs is 1.